The van der Waals surface area contributed by atoms with Gasteiger partial charge in [-0.05, 0) is 31.4 Å². The number of thiazole rings is 1. The van der Waals surface area contributed by atoms with Gasteiger partial charge in [-0.2, -0.15) is 0 Å². The predicted molar refractivity (Wildman–Crippen MR) is 103 cm³/mol. The summed E-state index contributed by atoms with van der Waals surface area (Å²) in [5.74, 6) is 1.15. The van der Waals surface area contributed by atoms with Crippen molar-refractivity contribution in [2.24, 2.45) is 0 Å². The lowest BCUT2D eigenvalue weighted by Crippen LogP contribution is -2.12. The number of nitrogen functional groups attached to an aromatic ring is 1. The zero-order valence-corrected chi connectivity index (χ0v) is 15.0. The van der Waals surface area contributed by atoms with Crippen LogP contribution in [0.5, 0.6) is 11.5 Å². The normalized spacial score (nSPS) is 12.5. The second-order valence-corrected chi connectivity index (χ2v) is 7.24. The quantitative estimate of drug-likeness (QED) is 0.507. The molecular weight excluding hydrogens is 350 g/mol. The van der Waals surface area contributed by atoms with Crippen molar-refractivity contribution in [2.45, 2.75) is 25.7 Å². The number of rotatable bonds is 6. The molecule has 0 radical (unpaired) electrons. The van der Waals surface area contributed by atoms with E-state index in [2.05, 4.69) is 16.4 Å². The Hall–Kier alpha value is -2.80. The molecule has 134 valence electrons. The summed E-state index contributed by atoms with van der Waals surface area (Å²) < 4.78 is 11.8. The Balaban J connectivity index is 1.26. The minimum Gasteiger partial charge on any atom is -0.454 e. The smallest absolute Gasteiger partial charge is 0.231 e. The van der Waals surface area contributed by atoms with Crippen molar-refractivity contribution in [3.63, 3.8) is 0 Å². The molecule has 0 spiro atoms. The fraction of sp³-hybridized carbons (Fsp3) is 0.263. The molecule has 6 nitrogen and oxygen atoms in total. The molecule has 1 amide bonds. The molecule has 4 rings (SSSR count). The average molecular weight is 369 g/mol. The topological polar surface area (TPSA) is 86.5 Å². The molecule has 1 aliphatic heterocycles. The Morgan fingerprint density at radius 2 is 2.00 bits per heavy atom. The fourth-order valence-electron chi connectivity index (χ4n) is 2.87. The average Bonchev–Trinajstić information content (AvgIpc) is 3.24. The van der Waals surface area contributed by atoms with E-state index in [1.165, 1.54) is 4.70 Å². The zero-order chi connectivity index (χ0) is 17.9. The number of para-hydroxylation sites is 1. The minimum absolute atomic E-state index is 0.0557. The zero-order valence-electron chi connectivity index (χ0n) is 14.2. The van der Waals surface area contributed by atoms with Gasteiger partial charge in [-0.3, -0.25) is 4.79 Å². The first-order valence-electron chi connectivity index (χ1n) is 8.52. The molecule has 0 fully saturated rings. The van der Waals surface area contributed by atoms with Gasteiger partial charge in [0.1, 0.15) is 0 Å². The standard InChI is InChI=1S/C19H19N3O3S/c20-12-9-15-16(25-11-24-15)10-14(12)21-18(23)7-3-4-8-19-22-13-5-1-2-6-17(13)26-19/h1-2,5-6,9-10H,3-4,7-8,11,20H2,(H,21,23). The van der Waals surface area contributed by atoms with Crippen LogP contribution in [0.1, 0.15) is 24.3 Å². The maximum Gasteiger partial charge on any atom is 0.231 e. The molecule has 0 unspecified atom stereocenters. The highest BCUT2D eigenvalue weighted by molar-refractivity contribution is 7.18. The fourth-order valence-corrected chi connectivity index (χ4v) is 3.88. The van der Waals surface area contributed by atoms with E-state index in [4.69, 9.17) is 15.2 Å². The molecule has 0 bridgehead atoms. The van der Waals surface area contributed by atoms with Crippen molar-refractivity contribution in [1.82, 2.24) is 4.98 Å². The molecule has 1 aromatic heterocycles. The van der Waals surface area contributed by atoms with Gasteiger partial charge in [-0.1, -0.05) is 12.1 Å². The summed E-state index contributed by atoms with van der Waals surface area (Å²) in [6.45, 7) is 0.179. The summed E-state index contributed by atoms with van der Waals surface area (Å²) in [6, 6.07) is 11.5. The van der Waals surface area contributed by atoms with Gasteiger partial charge in [0.2, 0.25) is 12.7 Å². The van der Waals surface area contributed by atoms with Crippen molar-refractivity contribution >= 4 is 38.8 Å². The van der Waals surface area contributed by atoms with E-state index in [1.807, 2.05) is 18.2 Å². The molecule has 1 aliphatic rings. The number of carbonyl (C=O) groups is 1. The Morgan fingerprint density at radius 1 is 1.19 bits per heavy atom. The van der Waals surface area contributed by atoms with Crippen LogP contribution in [0.2, 0.25) is 0 Å². The van der Waals surface area contributed by atoms with Crippen LogP contribution in [0.25, 0.3) is 10.2 Å². The summed E-state index contributed by atoms with van der Waals surface area (Å²) in [5.41, 5.74) is 8.03. The van der Waals surface area contributed by atoms with Crippen molar-refractivity contribution < 1.29 is 14.3 Å². The number of hydrogen-bond donors (Lipinski definition) is 2. The molecule has 0 saturated carbocycles. The molecule has 7 heteroatoms. The maximum atomic E-state index is 12.2. The van der Waals surface area contributed by atoms with Crippen LogP contribution in [-0.4, -0.2) is 17.7 Å². The number of hydrogen-bond acceptors (Lipinski definition) is 6. The second kappa shape index (κ2) is 7.21. The number of fused-ring (bicyclic) bond motifs is 2. The van der Waals surface area contributed by atoms with E-state index in [1.54, 1.807) is 23.5 Å². The number of nitrogens with one attached hydrogen (secondary N) is 1. The first-order valence-corrected chi connectivity index (χ1v) is 9.34. The highest BCUT2D eigenvalue weighted by Crippen LogP contribution is 2.38. The van der Waals surface area contributed by atoms with Gasteiger partial charge in [0.05, 0.1) is 26.6 Å². The molecule has 26 heavy (non-hydrogen) atoms. The third-order valence-corrected chi connectivity index (χ3v) is 5.30. The van der Waals surface area contributed by atoms with Crippen LogP contribution in [0.3, 0.4) is 0 Å². The highest BCUT2D eigenvalue weighted by Gasteiger charge is 2.17. The van der Waals surface area contributed by atoms with E-state index < -0.39 is 0 Å². The minimum atomic E-state index is -0.0557. The lowest BCUT2D eigenvalue weighted by molar-refractivity contribution is -0.116. The molecule has 2 heterocycles. The molecule has 3 N–H and O–H groups in total. The molecule has 3 aromatic rings. The van der Waals surface area contributed by atoms with E-state index in [-0.39, 0.29) is 12.7 Å². The summed E-state index contributed by atoms with van der Waals surface area (Å²) >= 11 is 1.72. The lowest BCUT2D eigenvalue weighted by Gasteiger charge is -2.09. The van der Waals surface area contributed by atoms with Gasteiger partial charge < -0.3 is 20.5 Å². The van der Waals surface area contributed by atoms with Crippen molar-refractivity contribution in [3.05, 3.63) is 41.4 Å². The second-order valence-electron chi connectivity index (χ2n) is 6.12. The summed E-state index contributed by atoms with van der Waals surface area (Å²) in [4.78, 5) is 16.8. The number of nitrogens with two attached hydrogens (primary N) is 1. The summed E-state index contributed by atoms with van der Waals surface area (Å²) in [6.07, 6.45) is 3.05. The molecule has 0 saturated heterocycles. The third-order valence-electron chi connectivity index (χ3n) is 4.20. The monoisotopic (exact) mass is 369 g/mol. The van der Waals surface area contributed by atoms with Crippen LogP contribution < -0.4 is 20.5 Å². The van der Waals surface area contributed by atoms with Crippen molar-refractivity contribution in [1.29, 1.82) is 0 Å². The number of unbranched alkanes of at least 4 members (excludes halogenated alkanes) is 1. The SMILES string of the molecule is Nc1cc2c(cc1NC(=O)CCCCc1nc3ccccc3s1)OCO2. The number of aryl methyl sites for hydroxylation is 1. The first kappa shape index (κ1) is 16.7. The van der Waals surface area contributed by atoms with Gasteiger partial charge in [-0.25, -0.2) is 4.98 Å². The van der Waals surface area contributed by atoms with Gasteiger partial charge in [0, 0.05) is 18.6 Å². The molecule has 0 aliphatic carbocycles. The molecular formula is C19H19N3O3S. The number of anilines is 2. The largest absolute Gasteiger partial charge is 0.454 e. The van der Waals surface area contributed by atoms with Crippen LogP contribution in [0.4, 0.5) is 11.4 Å². The predicted octanol–water partition coefficient (Wildman–Crippen LogP) is 3.96. The van der Waals surface area contributed by atoms with Crippen molar-refractivity contribution in [2.75, 3.05) is 17.8 Å². The number of nitrogens with zero attached hydrogens (tertiary/aromatic N) is 1. The number of benzene rings is 2. The number of ether oxygens (including phenoxy) is 2. The third kappa shape index (κ3) is 3.57. The number of carbonyl (C=O) groups excluding carboxylic acids is 1. The van der Waals surface area contributed by atoms with Gasteiger partial charge in [-0.15, -0.1) is 11.3 Å². The first-order chi connectivity index (χ1) is 12.7. The van der Waals surface area contributed by atoms with E-state index >= 15 is 0 Å². The Kier molecular flexibility index (Phi) is 4.62. The highest BCUT2D eigenvalue weighted by atomic mass is 32.1. The Labute approximate surface area is 154 Å². The van der Waals surface area contributed by atoms with Crippen LogP contribution in [0.15, 0.2) is 36.4 Å². The maximum absolute atomic E-state index is 12.2. The molecule has 0 atom stereocenters. The van der Waals surface area contributed by atoms with Gasteiger partial charge >= 0.3 is 0 Å². The van der Waals surface area contributed by atoms with E-state index in [9.17, 15) is 4.79 Å². The van der Waals surface area contributed by atoms with Crippen LogP contribution in [0, 0.1) is 0 Å². The summed E-state index contributed by atoms with van der Waals surface area (Å²) in [5, 5.41) is 3.96. The van der Waals surface area contributed by atoms with Crippen LogP contribution >= 0.6 is 11.3 Å². The Bertz CT molecular complexity index is 921. The van der Waals surface area contributed by atoms with Gasteiger partial charge in [0.25, 0.3) is 0 Å². The van der Waals surface area contributed by atoms with E-state index in [0.717, 1.165) is 29.8 Å². The Morgan fingerprint density at radius 3 is 2.85 bits per heavy atom. The number of aromatic nitrogens is 1. The lowest BCUT2D eigenvalue weighted by atomic mass is 10.2. The van der Waals surface area contributed by atoms with Crippen LogP contribution in [-0.2, 0) is 11.2 Å². The van der Waals surface area contributed by atoms with Crippen molar-refractivity contribution in [3.8, 4) is 11.5 Å². The molecule has 2 aromatic carbocycles. The summed E-state index contributed by atoms with van der Waals surface area (Å²) in [7, 11) is 0. The van der Waals surface area contributed by atoms with Gasteiger partial charge in [0.15, 0.2) is 11.5 Å². The van der Waals surface area contributed by atoms with E-state index in [0.29, 0.717) is 29.3 Å². The number of amides is 1.